The van der Waals surface area contributed by atoms with E-state index in [4.69, 9.17) is 0 Å². The lowest BCUT2D eigenvalue weighted by atomic mass is 10.2. The van der Waals surface area contributed by atoms with Crippen molar-refractivity contribution in [2.24, 2.45) is 0 Å². The van der Waals surface area contributed by atoms with E-state index in [2.05, 4.69) is 5.32 Å². The highest BCUT2D eigenvalue weighted by Crippen LogP contribution is 2.20. The molecule has 0 saturated heterocycles. The number of anilines is 2. The average molecular weight is 370 g/mol. The minimum absolute atomic E-state index is 0.0476. The maximum Gasteiger partial charge on any atom is 0.266 e. The first kappa shape index (κ1) is 19.0. The molecule has 0 aliphatic carbocycles. The molecule has 0 fully saturated rings. The van der Waals surface area contributed by atoms with E-state index >= 15 is 0 Å². The lowest BCUT2D eigenvalue weighted by molar-refractivity contribution is -0.112. The number of benzene rings is 2. The molecule has 1 amide bonds. The SMILES string of the molecule is Cc1cccc(NC(=O)/C(C#N)=C\c2cccn2-c2ccc(N(C)C)cc2)c1. The Morgan fingerprint density at radius 2 is 1.86 bits per heavy atom. The molecule has 0 atom stereocenters. The van der Waals surface area contributed by atoms with Gasteiger partial charge in [0.2, 0.25) is 0 Å². The molecule has 3 rings (SSSR count). The maximum atomic E-state index is 12.5. The summed E-state index contributed by atoms with van der Waals surface area (Å²) in [5, 5.41) is 12.3. The normalized spacial score (nSPS) is 11.0. The molecular formula is C23H22N4O. The summed E-state index contributed by atoms with van der Waals surface area (Å²) in [7, 11) is 3.98. The zero-order valence-corrected chi connectivity index (χ0v) is 16.2. The van der Waals surface area contributed by atoms with E-state index in [1.54, 1.807) is 12.1 Å². The molecular weight excluding hydrogens is 348 g/mol. The third-order valence-electron chi connectivity index (χ3n) is 4.36. The van der Waals surface area contributed by atoms with Crippen LogP contribution in [0.2, 0.25) is 0 Å². The fraction of sp³-hybridized carbons (Fsp3) is 0.130. The van der Waals surface area contributed by atoms with Crippen molar-refractivity contribution in [3.8, 4) is 11.8 Å². The van der Waals surface area contributed by atoms with Crippen molar-refractivity contribution in [3.63, 3.8) is 0 Å². The monoisotopic (exact) mass is 370 g/mol. The van der Waals surface area contributed by atoms with Gasteiger partial charge in [0.15, 0.2) is 0 Å². The maximum absolute atomic E-state index is 12.5. The number of carbonyl (C=O) groups excluding carboxylic acids is 1. The fourth-order valence-corrected chi connectivity index (χ4v) is 2.88. The lowest BCUT2D eigenvalue weighted by Crippen LogP contribution is -2.13. The lowest BCUT2D eigenvalue weighted by Gasteiger charge is -2.14. The van der Waals surface area contributed by atoms with Crippen LogP contribution in [0.1, 0.15) is 11.3 Å². The third-order valence-corrected chi connectivity index (χ3v) is 4.36. The van der Waals surface area contributed by atoms with Crippen LogP contribution in [0.25, 0.3) is 11.8 Å². The van der Waals surface area contributed by atoms with E-state index < -0.39 is 5.91 Å². The Hall–Kier alpha value is -3.78. The molecule has 1 aromatic heterocycles. The molecule has 5 heteroatoms. The molecule has 0 spiro atoms. The van der Waals surface area contributed by atoms with Gasteiger partial charge in [0.1, 0.15) is 11.6 Å². The van der Waals surface area contributed by atoms with Gasteiger partial charge in [-0.05, 0) is 67.1 Å². The first-order valence-corrected chi connectivity index (χ1v) is 8.93. The van der Waals surface area contributed by atoms with Gasteiger partial charge in [-0.3, -0.25) is 4.79 Å². The Labute approximate surface area is 165 Å². The zero-order chi connectivity index (χ0) is 20.1. The summed E-state index contributed by atoms with van der Waals surface area (Å²) in [5.41, 5.74) is 4.57. The highest BCUT2D eigenvalue weighted by molar-refractivity contribution is 6.09. The first-order valence-electron chi connectivity index (χ1n) is 8.93. The molecule has 0 bridgehead atoms. The molecule has 0 radical (unpaired) electrons. The van der Waals surface area contributed by atoms with Crippen LogP contribution in [-0.4, -0.2) is 24.6 Å². The van der Waals surface area contributed by atoms with Gasteiger partial charge in [-0.2, -0.15) is 5.26 Å². The second-order valence-electron chi connectivity index (χ2n) is 6.71. The number of rotatable bonds is 5. The smallest absolute Gasteiger partial charge is 0.266 e. The highest BCUT2D eigenvalue weighted by Gasteiger charge is 2.11. The number of nitrogens with zero attached hydrogens (tertiary/aromatic N) is 3. The molecule has 28 heavy (non-hydrogen) atoms. The third kappa shape index (κ3) is 4.30. The van der Waals surface area contributed by atoms with Crippen molar-refractivity contribution < 1.29 is 4.79 Å². The molecule has 2 aromatic carbocycles. The van der Waals surface area contributed by atoms with Crippen LogP contribution in [0.15, 0.2) is 72.4 Å². The zero-order valence-electron chi connectivity index (χ0n) is 16.2. The van der Waals surface area contributed by atoms with E-state index in [0.717, 1.165) is 22.6 Å². The summed E-state index contributed by atoms with van der Waals surface area (Å²) >= 11 is 0. The van der Waals surface area contributed by atoms with Crippen molar-refractivity contribution in [3.05, 3.63) is 83.7 Å². The van der Waals surface area contributed by atoms with Crippen molar-refractivity contribution in [1.29, 1.82) is 5.26 Å². The number of carbonyl (C=O) groups is 1. The largest absolute Gasteiger partial charge is 0.378 e. The number of nitriles is 1. The molecule has 0 saturated carbocycles. The van der Waals surface area contributed by atoms with E-state index in [1.165, 1.54) is 0 Å². The number of hydrogen-bond acceptors (Lipinski definition) is 3. The van der Waals surface area contributed by atoms with Gasteiger partial charge in [-0.25, -0.2) is 0 Å². The molecule has 0 aliphatic heterocycles. The number of nitrogens with one attached hydrogen (secondary N) is 1. The quantitative estimate of drug-likeness (QED) is 0.535. The number of hydrogen-bond donors (Lipinski definition) is 1. The summed E-state index contributed by atoms with van der Waals surface area (Å²) < 4.78 is 1.94. The second-order valence-corrected chi connectivity index (χ2v) is 6.71. The summed E-state index contributed by atoms with van der Waals surface area (Å²) in [6.07, 6.45) is 3.51. The van der Waals surface area contributed by atoms with Gasteiger partial charge >= 0.3 is 0 Å². The van der Waals surface area contributed by atoms with E-state index in [1.807, 2.05) is 97.3 Å². The van der Waals surface area contributed by atoms with Gasteiger partial charge in [0.25, 0.3) is 5.91 Å². The van der Waals surface area contributed by atoms with E-state index in [0.29, 0.717) is 5.69 Å². The fourth-order valence-electron chi connectivity index (χ4n) is 2.88. The van der Waals surface area contributed by atoms with Crippen molar-refractivity contribution >= 4 is 23.4 Å². The minimum atomic E-state index is -0.427. The molecule has 0 aliphatic rings. The van der Waals surface area contributed by atoms with Gasteiger partial charge in [0.05, 0.1) is 0 Å². The predicted octanol–water partition coefficient (Wildman–Crippen LogP) is 4.40. The Morgan fingerprint density at radius 3 is 2.50 bits per heavy atom. The summed E-state index contributed by atoms with van der Waals surface area (Å²) in [4.78, 5) is 14.6. The second kappa shape index (κ2) is 8.28. The Balaban J connectivity index is 1.87. The average Bonchev–Trinajstić information content (AvgIpc) is 3.14. The number of aryl methyl sites for hydroxylation is 1. The van der Waals surface area contributed by atoms with E-state index in [-0.39, 0.29) is 5.57 Å². The topological polar surface area (TPSA) is 61.1 Å². The Bertz CT molecular complexity index is 1050. The van der Waals surface area contributed by atoms with Crippen LogP contribution in [0.3, 0.4) is 0 Å². The molecule has 140 valence electrons. The van der Waals surface area contributed by atoms with Gasteiger partial charge in [-0.15, -0.1) is 0 Å². The van der Waals surface area contributed by atoms with Crippen LogP contribution >= 0.6 is 0 Å². The standard InChI is InChI=1S/C23H22N4O/c1-17-6-4-7-19(14-17)25-23(28)18(16-24)15-22-8-5-13-27(22)21-11-9-20(10-12-21)26(2)3/h4-15H,1-3H3,(H,25,28)/b18-15-. The van der Waals surface area contributed by atoms with Gasteiger partial charge in [-0.1, -0.05) is 12.1 Å². The highest BCUT2D eigenvalue weighted by atomic mass is 16.1. The van der Waals surface area contributed by atoms with Crippen molar-refractivity contribution in [2.75, 3.05) is 24.3 Å². The summed E-state index contributed by atoms with van der Waals surface area (Å²) in [6, 6.07) is 21.3. The van der Waals surface area contributed by atoms with Crippen LogP contribution in [0.4, 0.5) is 11.4 Å². The molecule has 0 unspecified atom stereocenters. The molecule has 5 nitrogen and oxygen atoms in total. The number of aromatic nitrogens is 1. The van der Waals surface area contributed by atoms with Crippen LogP contribution in [0, 0.1) is 18.3 Å². The van der Waals surface area contributed by atoms with E-state index in [9.17, 15) is 10.1 Å². The molecule has 1 N–H and O–H groups in total. The number of amides is 1. The van der Waals surface area contributed by atoms with Crippen LogP contribution in [0.5, 0.6) is 0 Å². The predicted molar refractivity (Wildman–Crippen MR) is 113 cm³/mol. The van der Waals surface area contributed by atoms with Crippen LogP contribution in [-0.2, 0) is 4.79 Å². The van der Waals surface area contributed by atoms with Crippen molar-refractivity contribution in [2.45, 2.75) is 6.92 Å². The van der Waals surface area contributed by atoms with Gasteiger partial charge in [0, 0.05) is 43.0 Å². The van der Waals surface area contributed by atoms with Crippen LogP contribution < -0.4 is 10.2 Å². The van der Waals surface area contributed by atoms with Crippen molar-refractivity contribution in [1.82, 2.24) is 4.57 Å². The molecule has 1 heterocycles. The minimum Gasteiger partial charge on any atom is -0.378 e. The Morgan fingerprint density at radius 1 is 1.11 bits per heavy atom. The first-order chi connectivity index (χ1) is 13.5. The summed E-state index contributed by atoms with van der Waals surface area (Å²) in [6.45, 7) is 1.95. The molecule has 3 aromatic rings. The van der Waals surface area contributed by atoms with Gasteiger partial charge < -0.3 is 14.8 Å². The summed E-state index contributed by atoms with van der Waals surface area (Å²) in [5.74, 6) is -0.427. The Kier molecular flexibility index (Phi) is 5.61.